The number of carbonyl (C=O) groups excluding carboxylic acids is 3. The van der Waals surface area contributed by atoms with Gasteiger partial charge in [0.05, 0.1) is 25.4 Å². The number of aliphatic hydroxyl groups is 2. The summed E-state index contributed by atoms with van der Waals surface area (Å²) in [5.74, 6) is -1.11. The molecule has 3 atom stereocenters. The number of hydrogen-bond acceptors (Lipinski definition) is 7. The van der Waals surface area contributed by atoms with E-state index in [2.05, 4.69) is 73.1 Å². The van der Waals surface area contributed by atoms with Crippen LogP contribution in [0.3, 0.4) is 0 Å². The zero-order chi connectivity index (χ0) is 39.3. The van der Waals surface area contributed by atoms with Crippen molar-refractivity contribution in [3.63, 3.8) is 0 Å². The van der Waals surface area contributed by atoms with Crippen LogP contribution >= 0.6 is 0 Å². The summed E-state index contributed by atoms with van der Waals surface area (Å²) in [5, 5.41) is 25.1. The van der Waals surface area contributed by atoms with Gasteiger partial charge in [0, 0.05) is 26.1 Å². The molecule has 54 heavy (non-hydrogen) atoms. The van der Waals surface area contributed by atoms with E-state index in [0.29, 0.717) is 6.42 Å². The maximum absolute atomic E-state index is 13.0. The van der Waals surface area contributed by atoms with Crippen molar-refractivity contribution in [2.45, 2.75) is 186 Å². The van der Waals surface area contributed by atoms with Crippen LogP contribution in [0.25, 0.3) is 0 Å². The standard InChI is InChI=1S/C45H79N3O6/c1-3-5-7-9-11-13-15-17-19-21-23-25-27-29-31-33-35-54-45(53)40(36-46-44(52)39-48-37-41(49)42(50)38-48)47-43(51)34-32-30-28-26-24-22-20-18-16-14-12-10-8-6-4-2/h11-14,17-20,40-42,49-50H,3-10,15-16,21-39H2,1-2H3,(H,46,52)(H,47,51)/b13-11-,14-12-,19-17-,20-18-/t40-,41+,42+/m0/s1. The molecule has 0 aromatic rings. The Kier molecular flexibility index (Phi) is 32.8. The molecule has 9 heteroatoms. The quantitative estimate of drug-likeness (QED) is 0.0289. The number of β-amino-alcohol motifs (C(OH)–C–C–N with tert-alkyl or cyclic N) is 2. The van der Waals surface area contributed by atoms with Crippen LogP contribution in [0.15, 0.2) is 48.6 Å². The molecule has 1 fully saturated rings. The molecule has 0 aliphatic carbocycles. The second kappa shape index (κ2) is 35.9. The molecule has 1 rings (SSSR count). The third-order valence-electron chi connectivity index (χ3n) is 9.77. The zero-order valence-corrected chi connectivity index (χ0v) is 34.3. The molecule has 0 saturated carbocycles. The highest BCUT2D eigenvalue weighted by atomic mass is 16.5. The monoisotopic (exact) mass is 758 g/mol. The van der Waals surface area contributed by atoms with E-state index in [0.717, 1.165) is 83.5 Å². The SMILES string of the molecule is CCCCC/C=C\C/C=C\CCCCCCCCOC(=O)[C@H](CNC(=O)CN1C[C@@H](O)[C@H](O)C1)NC(=O)CCCCCCC/C=C\C/C=C\CCCCC. The van der Waals surface area contributed by atoms with Crippen molar-refractivity contribution in [3.05, 3.63) is 48.6 Å². The summed E-state index contributed by atoms with van der Waals surface area (Å²) in [4.78, 5) is 40.1. The first-order valence-corrected chi connectivity index (χ1v) is 21.8. The Hall–Kier alpha value is -2.75. The largest absolute Gasteiger partial charge is 0.464 e. The summed E-state index contributed by atoms with van der Waals surface area (Å²) in [5.41, 5.74) is 0. The minimum Gasteiger partial charge on any atom is -0.464 e. The highest BCUT2D eigenvalue weighted by Gasteiger charge is 2.31. The molecule has 0 bridgehead atoms. The second-order valence-electron chi connectivity index (χ2n) is 15.0. The number of ether oxygens (including phenoxy) is 1. The molecular formula is C45H79N3O6. The smallest absolute Gasteiger partial charge is 0.330 e. The molecule has 9 nitrogen and oxygen atoms in total. The van der Waals surface area contributed by atoms with Gasteiger partial charge in [-0.2, -0.15) is 0 Å². The molecule has 2 amide bonds. The minimum atomic E-state index is -0.973. The zero-order valence-electron chi connectivity index (χ0n) is 34.3. The third-order valence-corrected chi connectivity index (χ3v) is 9.77. The Morgan fingerprint density at radius 2 is 1.06 bits per heavy atom. The molecular weight excluding hydrogens is 679 g/mol. The summed E-state index contributed by atoms with van der Waals surface area (Å²) >= 11 is 0. The van der Waals surface area contributed by atoms with E-state index in [1.54, 1.807) is 4.90 Å². The molecule has 4 N–H and O–H groups in total. The predicted molar refractivity (Wildman–Crippen MR) is 223 cm³/mol. The van der Waals surface area contributed by atoms with E-state index in [-0.39, 0.29) is 44.6 Å². The lowest BCUT2D eigenvalue weighted by Gasteiger charge is -2.20. The highest BCUT2D eigenvalue weighted by molar-refractivity contribution is 5.85. The fourth-order valence-corrected chi connectivity index (χ4v) is 6.37. The van der Waals surface area contributed by atoms with Crippen molar-refractivity contribution in [1.29, 1.82) is 0 Å². The van der Waals surface area contributed by atoms with Crippen molar-refractivity contribution in [1.82, 2.24) is 15.5 Å². The number of amides is 2. The number of esters is 1. The van der Waals surface area contributed by atoms with Crippen LogP contribution < -0.4 is 10.6 Å². The number of likely N-dealkylation sites (tertiary alicyclic amines) is 1. The van der Waals surface area contributed by atoms with Gasteiger partial charge in [-0.1, -0.05) is 133 Å². The van der Waals surface area contributed by atoms with Gasteiger partial charge >= 0.3 is 5.97 Å². The van der Waals surface area contributed by atoms with Gasteiger partial charge < -0.3 is 25.6 Å². The third kappa shape index (κ3) is 29.6. The van der Waals surface area contributed by atoms with Crippen molar-refractivity contribution in [3.8, 4) is 0 Å². The van der Waals surface area contributed by atoms with Crippen LogP contribution in [0.1, 0.15) is 168 Å². The Bertz CT molecular complexity index is 1050. The minimum absolute atomic E-state index is 0.0113. The predicted octanol–water partition coefficient (Wildman–Crippen LogP) is 8.80. The van der Waals surface area contributed by atoms with Gasteiger partial charge in [0.15, 0.2) is 0 Å². The average molecular weight is 758 g/mol. The maximum atomic E-state index is 13.0. The van der Waals surface area contributed by atoms with Gasteiger partial charge in [0.25, 0.3) is 0 Å². The van der Waals surface area contributed by atoms with Gasteiger partial charge in [-0.05, 0) is 77.0 Å². The molecule has 0 aromatic carbocycles. The van der Waals surface area contributed by atoms with Crippen molar-refractivity contribution < 1.29 is 29.3 Å². The Morgan fingerprint density at radius 1 is 0.611 bits per heavy atom. The Labute approximate surface area is 329 Å². The summed E-state index contributed by atoms with van der Waals surface area (Å²) in [6, 6.07) is -0.973. The first kappa shape index (κ1) is 49.3. The van der Waals surface area contributed by atoms with Crippen LogP contribution in [0.4, 0.5) is 0 Å². The van der Waals surface area contributed by atoms with Crippen molar-refractivity contribution >= 4 is 17.8 Å². The molecule has 0 radical (unpaired) electrons. The maximum Gasteiger partial charge on any atom is 0.330 e. The molecule has 1 aliphatic rings. The Balaban J connectivity index is 2.30. The first-order chi connectivity index (χ1) is 26.4. The molecule has 0 aromatic heterocycles. The number of nitrogens with one attached hydrogen (secondary N) is 2. The number of carbonyl (C=O) groups is 3. The highest BCUT2D eigenvalue weighted by Crippen LogP contribution is 2.11. The fraction of sp³-hybridized carbons (Fsp3) is 0.756. The summed E-state index contributed by atoms with van der Waals surface area (Å²) < 4.78 is 5.54. The number of nitrogens with zero attached hydrogens (tertiary/aromatic N) is 1. The number of aliphatic hydroxyl groups excluding tert-OH is 2. The lowest BCUT2D eigenvalue weighted by Crippen LogP contribution is -2.50. The lowest BCUT2D eigenvalue weighted by molar-refractivity contribution is -0.148. The van der Waals surface area contributed by atoms with E-state index in [9.17, 15) is 24.6 Å². The van der Waals surface area contributed by atoms with E-state index in [4.69, 9.17) is 4.74 Å². The van der Waals surface area contributed by atoms with Crippen molar-refractivity contribution in [2.75, 3.05) is 32.8 Å². The molecule has 310 valence electrons. The molecule has 0 spiro atoms. The van der Waals surface area contributed by atoms with Gasteiger partial charge in [-0.15, -0.1) is 0 Å². The molecule has 1 saturated heterocycles. The van der Waals surface area contributed by atoms with Gasteiger partial charge in [-0.25, -0.2) is 4.79 Å². The molecule has 0 unspecified atom stereocenters. The van der Waals surface area contributed by atoms with Crippen LogP contribution in [0, 0.1) is 0 Å². The van der Waals surface area contributed by atoms with Gasteiger partial charge in [0.1, 0.15) is 6.04 Å². The number of hydrogen-bond donors (Lipinski definition) is 4. The normalized spacial score (nSPS) is 17.0. The summed E-state index contributed by atoms with van der Waals surface area (Å²) in [6.45, 7) is 5.07. The van der Waals surface area contributed by atoms with Crippen LogP contribution in [-0.4, -0.2) is 83.9 Å². The van der Waals surface area contributed by atoms with E-state index < -0.39 is 24.2 Å². The van der Waals surface area contributed by atoms with Gasteiger partial charge in [-0.3, -0.25) is 14.5 Å². The second-order valence-corrected chi connectivity index (χ2v) is 15.0. The van der Waals surface area contributed by atoms with E-state index in [1.165, 1.54) is 64.2 Å². The van der Waals surface area contributed by atoms with E-state index in [1.807, 2.05) is 0 Å². The molecule has 1 heterocycles. The van der Waals surface area contributed by atoms with Crippen molar-refractivity contribution in [2.24, 2.45) is 0 Å². The molecule has 1 aliphatic heterocycles. The first-order valence-electron chi connectivity index (χ1n) is 21.8. The number of rotatable bonds is 35. The van der Waals surface area contributed by atoms with Crippen LogP contribution in [-0.2, 0) is 19.1 Å². The number of unbranched alkanes of at least 4 members (excludes halogenated alkanes) is 17. The van der Waals surface area contributed by atoms with Crippen LogP contribution in [0.5, 0.6) is 0 Å². The summed E-state index contributed by atoms with van der Waals surface area (Å²) in [6.07, 6.45) is 42.3. The fourth-order valence-electron chi connectivity index (χ4n) is 6.37. The van der Waals surface area contributed by atoms with E-state index >= 15 is 0 Å². The lowest BCUT2D eigenvalue weighted by atomic mass is 10.1. The van der Waals surface area contributed by atoms with Crippen LogP contribution in [0.2, 0.25) is 0 Å². The summed E-state index contributed by atoms with van der Waals surface area (Å²) in [7, 11) is 0. The number of allylic oxidation sites excluding steroid dienone is 8. The Morgan fingerprint density at radius 3 is 1.56 bits per heavy atom. The topological polar surface area (TPSA) is 128 Å². The average Bonchev–Trinajstić information content (AvgIpc) is 3.47. The van der Waals surface area contributed by atoms with Gasteiger partial charge in [0.2, 0.25) is 11.8 Å².